The highest BCUT2D eigenvalue weighted by molar-refractivity contribution is 5.71. The zero-order valence-corrected chi connectivity index (χ0v) is 9.03. The summed E-state index contributed by atoms with van der Waals surface area (Å²) in [5.41, 5.74) is 1.81. The zero-order valence-electron chi connectivity index (χ0n) is 9.03. The van der Waals surface area contributed by atoms with E-state index in [0.717, 1.165) is 11.1 Å². The first-order valence-electron chi connectivity index (χ1n) is 5.35. The molecule has 1 aliphatic carbocycles. The molecule has 0 spiro atoms. The summed E-state index contributed by atoms with van der Waals surface area (Å²) in [4.78, 5) is 10.9. The summed E-state index contributed by atoms with van der Waals surface area (Å²) in [6, 6.07) is 4.69. The van der Waals surface area contributed by atoms with E-state index in [2.05, 4.69) is 4.74 Å². The van der Waals surface area contributed by atoms with Gasteiger partial charge >= 0.3 is 12.6 Å². The number of carbonyl (C=O) groups is 1. The van der Waals surface area contributed by atoms with Crippen LogP contribution in [0.25, 0.3) is 0 Å². The van der Waals surface area contributed by atoms with Gasteiger partial charge in [0.1, 0.15) is 5.75 Å². The van der Waals surface area contributed by atoms with Gasteiger partial charge in [-0.3, -0.25) is 4.79 Å². The van der Waals surface area contributed by atoms with Gasteiger partial charge in [-0.25, -0.2) is 0 Å². The highest BCUT2D eigenvalue weighted by atomic mass is 19.3. The summed E-state index contributed by atoms with van der Waals surface area (Å²) >= 11 is 0. The van der Waals surface area contributed by atoms with Crippen molar-refractivity contribution in [1.29, 1.82) is 0 Å². The van der Waals surface area contributed by atoms with Crippen LogP contribution in [0.2, 0.25) is 0 Å². The van der Waals surface area contributed by atoms with Crippen LogP contribution in [0.1, 0.15) is 17.5 Å². The van der Waals surface area contributed by atoms with Crippen molar-refractivity contribution < 1.29 is 23.4 Å². The van der Waals surface area contributed by atoms with Gasteiger partial charge in [0, 0.05) is 0 Å². The van der Waals surface area contributed by atoms with Gasteiger partial charge in [0.25, 0.3) is 0 Å². The van der Waals surface area contributed by atoms with Gasteiger partial charge in [-0.1, -0.05) is 6.07 Å². The predicted molar refractivity (Wildman–Crippen MR) is 56.2 cm³/mol. The molecule has 0 saturated carbocycles. The SMILES string of the molecule is O=C(O)C1CCc2cc(OC(F)F)ccc2C1. The van der Waals surface area contributed by atoms with Crippen molar-refractivity contribution in [3.8, 4) is 5.75 Å². The fraction of sp³-hybridized carbons (Fsp3) is 0.417. The highest BCUT2D eigenvalue weighted by Gasteiger charge is 2.24. The van der Waals surface area contributed by atoms with Crippen molar-refractivity contribution in [1.82, 2.24) is 0 Å². The number of aryl methyl sites for hydroxylation is 1. The summed E-state index contributed by atoms with van der Waals surface area (Å²) in [5.74, 6) is -1.04. The van der Waals surface area contributed by atoms with Crippen LogP contribution in [0.4, 0.5) is 8.78 Å². The summed E-state index contributed by atoms with van der Waals surface area (Å²) in [6.07, 6.45) is 1.59. The predicted octanol–water partition coefficient (Wildman–Crippen LogP) is 2.48. The maximum absolute atomic E-state index is 12.0. The molecule has 1 aromatic carbocycles. The third-order valence-corrected chi connectivity index (χ3v) is 2.98. The van der Waals surface area contributed by atoms with Crippen LogP contribution in [-0.2, 0) is 17.6 Å². The second-order valence-electron chi connectivity index (χ2n) is 4.09. The van der Waals surface area contributed by atoms with Crippen LogP contribution in [0.3, 0.4) is 0 Å². The fourth-order valence-electron chi connectivity index (χ4n) is 2.12. The zero-order chi connectivity index (χ0) is 12.4. The Morgan fingerprint density at radius 2 is 2.18 bits per heavy atom. The van der Waals surface area contributed by atoms with Crippen molar-refractivity contribution in [3.05, 3.63) is 29.3 Å². The molecule has 0 bridgehead atoms. The van der Waals surface area contributed by atoms with Gasteiger partial charge in [-0.15, -0.1) is 0 Å². The van der Waals surface area contributed by atoms with Gasteiger partial charge in [0.15, 0.2) is 0 Å². The Morgan fingerprint density at radius 1 is 1.41 bits per heavy atom. The number of carboxylic acids is 1. The Bertz CT molecular complexity index is 432. The fourth-order valence-corrected chi connectivity index (χ4v) is 2.12. The quantitative estimate of drug-likeness (QED) is 0.885. The third-order valence-electron chi connectivity index (χ3n) is 2.98. The van der Waals surface area contributed by atoms with E-state index in [-0.39, 0.29) is 11.7 Å². The second-order valence-corrected chi connectivity index (χ2v) is 4.09. The van der Waals surface area contributed by atoms with Gasteiger partial charge in [0.2, 0.25) is 0 Å². The molecule has 0 heterocycles. The van der Waals surface area contributed by atoms with Gasteiger partial charge in [-0.05, 0) is 42.5 Å². The normalized spacial score (nSPS) is 18.9. The average molecular weight is 242 g/mol. The Kier molecular flexibility index (Phi) is 3.26. The van der Waals surface area contributed by atoms with Crippen molar-refractivity contribution in [2.24, 2.45) is 5.92 Å². The molecule has 2 rings (SSSR count). The minimum Gasteiger partial charge on any atom is -0.481 e. The van der Waals surface area contributed by atoms with Crippen molar-refractivity contribution in [2.75, 3.05) is 0 Å². The summed E-state index contributed by atoms with van der Waals surface area (Å²) in [5, 5.41) is 8.91. The van der Waals surface area contributed by atoms with Gasteiger partial charge < -0.3 is 9.84 Å². The molecular formula is C12H12F2O3. The lowest BCUT2D eigenvalue weighted by molar-refractivity contribution is -0.142. The smallest absolute Gasteiger partial charge is 0.387 e. The molecule has 0 aliphatic heterocycles. The van der Waals surface area contributed by atoms with Crippen LogP contribution < -0.4 is 4.74 Å². The number of halogens is 2. The Morgan fingerprint density at radius 3 is 2.82 bits per heavy atom. The number of benzene rings is 1. The number of aliphatic carboxylic acids is 1. The lowest BCUT2D eigenvalue weighted by atomic mass is 9.84. The molecule has 1 aliphatic rings. The molecule has 0 fully saturated rings. The second kappa shape index (κ2) is 4.69. The first-order chi connectivity index (χ1) is 8.06. The minimum atomic E-state index is -2.83. The Labute approximate surface area is 97.0 Å². The van der Waals surface area contributed by atoms with E-state index in [1.54, 1.807) is 12.1 Å². The molecule has 0 saturated heterocycles. The van der Waals surface area contributed by atoms with Crippen LogP contribution in [0, 0.1) is 5.92 Å². The average Bonchev–Trinajstić information content (AvgIpc) is 2.27. The molecule has 1 atom stereocenters. The number of fused-ring (bicyclic) bond motifs is 1. The maximum atomic E-state index is 12.0. The van der Waals surface area contributed by atoms with E-state index in [1.165, 1.54) is 6.07 Å². The lowest BCUT2D eigenvalue weighted by Gasteiger charge is -2.22. The number of hydrogen-bond donors (Lipinski definition) is 1. The first-order valence-corrected chi connectivity index (χ1v) is 5.35. The van der Waals surface area contributed by atoms with Crippen LogP contribution >= 0.6 is 0 Å². The molecule has 1 aromatic rings. The molecule has 0 radical (unpaired) electrons. The van der Waals surface area contributed by atoms with Crippen molar-refractivity contribution >= 4 is 5.97 Å². The molecule has 1 N–H and O–H groups in total. The highest BCUT2D eigenvalue weighted by Crippen LogP contribution is 2.29. The largest absolute Gasteiger partial charge is 0.481 e. The molecular weight excluding hydrogens is 230 g/mol. The molecule has 3 nitrogen and oxygen atoms in total. The van der Waals surface area contributed by atoms with E-state index < -0.39 is 12.6 Å². The number of hydrogen-bond acceptors (Lipinski definition) is 2. The summed E-state index contributed by atoms with van der Waals surface area (Å²) in [7, 11) is 0. The number of alkyl halides is 2. The van der Waals surface area contributed by atoms with Gasteiger partial charge in [-0.2, -0.15) is 8.78 Å². The third kappa shape index (κ3) is 2.72. The van der Waals surface area contributed by atoms with E-state index in [9.17, 15) is 13.6 Å². The lowest BCUT2D eigenvalue weighted by Crippen LogP contribution is -2.22. The standard InChI is InChI=1S/C12H12F2O3/c13-12(14)17-10-4-3-7-5-9(11(15)16)2-1-8(7)6-10/h3-4,6,9,12H,1-2,5H2,(H,15,16). The molecule has 1 unspecified atom stereocenters. The van der Waals surface area contributed by atoms with E-state index in [1.807, 2.05) is 0 Å². The first kappa shape index (κ1) is 11.8. The molecule has 17 heavy (non-hydrogen) atoms. The molecule has 0 amide bonds. The monoisotopic (exact) mass is 242 g/mol. The van der Waals surface area contributed by atoms with Crippen molar-refractivity contribution in [3.63, 3.8) is 0 Å². The van der Waals surface area contributed by atoms with Crippen molar-refractivity contribution in [2.45, 2.75) is 25.9 Å². The Hall–Kier alpha value is -1.65. The molecule has 92 valence electrons. The Balaban J connectivity index is 2.16. The van der Waals surface area contributed by atoms with Crippen LogP contribution in [0.5, 0.6) is 5.75 Å². The van der Waals surface area contributed by atoms with E-state index in [0.29, 0.717) is 19.3 Å². The van der Waals surface area contributed by atoms with Gasteiger partial charge in [0.05, 0.1) is 5.92 Å². The topological polar surface area (TPSA) is 46.5 Å². The molecule has 5 heteroatoms. The summed E-state index contributed by atoms with van der Waals surface area (Å²) < 4.78 is 28.3. The van der Waals surface area contributed by atoms with E-state index in [4.69, 9.17) is 5.11 Å². The van der Waals surface area contributed by atoms with E-state index >= 15 is 0 Å². The van der Waals surface area contributed by atoms with Crippen LogP contribution in [-0.4, -0.2) is 17.7 Å². The number of carboxylic acid groups (broad SMARTS) is 1. The molecule has 0 aromatic heterocycles. The summed E-state index contributed by atoms with van der Waals surface area (Å²) in [6.45, 7) is -2.83. The maximum Gasteiger partial charge on any atom is 0.387 e. The number of rotatable bonds is 3. The van der Waals surface area contributed by atoms with Crippen LogP contribution in [0.15, 0.2) is 18.2 Å². The minimum absolute atomic E-state index is 0.132. The number of ether oxygens (including phenoxy) is 1.